The van der Waals surface area contributed by atoms with E-state index in [1.807, 2.05) is 48.5 Å². The minimum Gasteiger partial charge on any atom is -0.488 e. The molecule has 1 amide bonds. The van der Waals surface area contributed by atoms with Crippen LogP contribution in [0, 0.1) is 0 Å². The van der Waals surface area contributed by atoms with Crippen molar-refractivity contribution >= 4 is 29.0 Å². The zero-order valence-corrected chi connectivity index (χ0v) is 15.2. The summed E-state index contributed by atoms with van der Waals surface area (Å²) in [6, 6.07) is 20.2. The maximum absolute atomic E-state index is 12.4. The van der Waals surface area contributed by atoms with Gasteiger partial charge in [0.2, 0.25) is 0 Å². The van der Waals surface area contributed by atoms with Crippen LogP contribution in [0.5, 0.6) is 5.75 Å². The van der Waals surface area contributed by atoms with E-state index in [0.717, 1.165) is 32.4 Å². The van der Waals surface area contributed by atoms with Crippen molar-refractivity contribution in [2.75, 3.05) is 12.3 Å². The quantitative estimate of drug-likeness (QED) is 0.518. The summed E-state index contributed by atoms with van der Waals surface area (Å²) in [7, 11) is 0. The van der Waals surface area contributed by atoms with Crippen LogP contribution in [-0.4, -0.2) is 18.2 Å². The molecule has 2 aromatic carbocycles. The van der Waals surface area contributed by atoms with Crippen molar-refractivity contribution in [3.63, 3.8) is 0 Å². The molecule has 1 N–H and O–H groups in total. The molecule has 0 bridgehead atoms. The molecule has 126 valence electrons. The van der Waals surface area contributed by atoms with E-state index in [1.165, 1.54) is 4.90 Å². The van der Waals surface area contributed by atoms with Gasteiger partial charge in [-0.25, -0.2) is 0 Å². The van der Waals surface area contributed by atoms with E-state index in [-0.39, 0.29) is 5.91 Å². The lowest BCUT2D eigenvalue weighted by molar-refractivity contribution is 0.0960. The largest absolute Gasteiger partial charge is 0.488 e. The molecular weight excluding hydrogens is 350 g/mol. The fourth-order valence-electron chi connectivity index (χ4n) is 2.75. The number of carbonyl (C=O) groups excluding carboxylic acids is 1. The predicted octanol–water partition coefficient (Wildman–Crippen LogP) is 4.83. The fraction of sp³-hybridized carbons (Fsp3) is 0.150. The van der Waals surface area contributed by atoms with E-state index in [0.29, 0.717) is 13.2 Å². The number of hydrogen-bond acceptors (Lipinski definition) is 4. The first kappa shape index (κ1) is 16.2. The molecule has 25 heavy (non-hydrogen) atoms. The molecule has 0 saturated carbocycles. The Kier molecular flexibility index (Phi) is 4.76. The summed E-state index contributed by atoms with van der Waals surface area (Å²) < 4.78 is 5.76. The normalized spacial score (nSPS) is 12.0. The molecule has 1 aliphatic heterocycles. The summed E-state index contributed by atoms with van der Waals surface area (Å²) in [6.07, 6.45) is 0. The van der Waals surface area contributed by atoms with Crippen molar-refractivity contribution in [1.29, 1.82) is 0 Å². The van der Waals surface area contributed by atoms with Gasteiger partial charge in [-0.05, 0) is 30.3 Å². The smallest absolute Gasteiger partial charge is 0.261 e. The number of thioether (sulfide) groups is 1. The summed E-state index contributed by atoms with van der Waals surface area (Å²) in [6.45, 7) is 1.17. The zero-order valence-electron chi connectivity index (χ0n) is 13.5. The molecular formula is C20H17NO2S2. The number of ether oxygens (including phenoxy) is 1. The van der Waals surface area contributed by atoms with E-state index in [2.05, 4.69) is 17.4 Å². The highest BCUT2D eigenvalue weighted by atomic mass is 32.2. The number of carbonyl (C=O) groups is 1. The highest BCUT2D eigenvalue weighted by molar-refractivity contribution is 7.99. The maximum Gasteiger partial charge on any atom is 0.261 e. The average Bonchev–Trinajstić information content (AvgIpc) is 3.11. The van der Waals surface area contributed by atoms with Crippen LogP contribution in [0.4, 0.5) is 0 Å². The Balaban J connectivity index is 1.38. The fourth-order valence-corrected chi connectivity index (χ4v) is 4.65. The molecule has 0 spiro atoms. The molecule has 0 aliphatic carbocycles. The number of thiophene rings is 1. The van der Waals surface area contributed by atoms with Gasteiger partial charge < -0.3 is 10.1 Å². The second-order valence-electron chi connectivity index (χ2n) is 5.67. The number of amides is 1. The number of hydrogen-bond donors (Lipinski definition) is 1. The SMILES string of the molecule is O=C(NCCSc1ccccc1)c1cc2c(s1)-c1ccccc1OC2. The minimum absolute atomic E-state index is 0.00876. The van der Waals surface area contributed by atoms with Crippen LogP contribution in [0.2, 0.25) is 0 Å². The van der Waals surface area contributed by atoms with Crippen LogP contribution in [0.3, 0.4) is 0 Å². The average molecular weight is 367 g/mol. The summed E-state index contributed by atoms with van der Waals surface area (Å²) in [5.41, 5.74) is 2.17. The van der Waals surface area contributed by atoms with Crippen LogP contribution in [0.25, 0.3) is 10.4 Å². The number of rotatable bonds is 5. The van der Waals surface area contributed by atoms with Crippen LogP contribution in [0.15, 0.2) is 65.6 Å². The van der Waals surface area contributed by atoms with Crippen LogP contribution >= 0.6 is 23.1 Å². The van der Waals surface area contributed by atoms with Crippen LogP contribution in [0.1, 0.15) is 15.2 Å². The van der Waals surface area contributed by atoms with Gasteiger partial charge in [0.05, 0.1) is 4.88 Å². The first-order valence-corrected chi connectivity index (χ1v) is 9.92. The molecule has 4 rings (SSSR count). The summed E-state index contributed by atoms with van der Waals surface area (Å²) in [5, 5.41) is 3.01. The Morgan fingerprint density at radius 2 is 1.92 bits per heavy atom. The zero-order chi connectivity index (χ0) is 17.1. The topological polar surface area (TPSA) is 38.3 Å². The summed E-state index contributed by atoms with van der Waals surface area (Å²) in [4.78, 5) is 15.5. The van der Waals surface area contributed by atoms with Gasteiger partial charge in [0.25, 0.3) is 5.91 Å². The van der Waals surface area contributed by atoms with Gasteiger partial charge in [-0.1, -0.05) is 30.3 Å². The molecule has 1 aliphatic rings. The van der Waals surface area contributed by atoms with Crippen molar-refractivity contribution in [3.05, 3.63) is 71.1 Å². The van der Waals surface area contributed by atoms with Gasteiger partial charge in [0.1, 0.15) is 12.4 Å². The minimum atomic E-state index is -0.00876. The molecule has 0 fully saturated rings. The molecule has 0 saturated heterocycles. The van der Waals surface area contributed by atoms with Crippen LogP contribution < -0.4 is 10.1 Å². The van der Waals surface area contributed by atoms with Crippen molar-refractivity contribution in [3.8, 4) is 16.2 Å². The molecule has 0 atom stereocenters. The Morgan fingerprint density at radius 1 is 1.12 bits per heavy atom. The predicted molar refractivity (Wildman–Crippen MR) is 104 cm³/mol. The summed E-state index contributed by atoms with van der Waals surface area (Å²) in [5.74, 6) is 1.74. The van der Waals surface area contributed by atoms with Crippen LogP contribution in [-0.2, 0) is 6.61 Å². The second-order valence-corrected chi connectivity index (χ2v) is 7.89. The van der Waals surface area contributed by atoms with Crippen molar-refractivity contribution < 1.29 is 9.53 Å². The highest BCUT2D eigenvalue weighted by Gasteiger charge is 2.22. The van der Waals surface area contributed by atoms with Gasteiger partial charge in [-0.15, -0.1) is 23.1 Å². The lowest BCUT2D eigenvalue weighted by Crippen LogP contribution is -2.24. The van der Waals surface area contributed by atoms with Gasteiger partial charge >= 0.3 is 0 Å². The Hall–Kier alpha value is -2.24. The van der Waals surface area contributed by atoms with E-state index in [4.69, 9.17) is 4.74 Å². The third kappa shape index (κ3) is 3.57. The van der Waals surface area contributed by atoms with E-state index in [1.54, 1.807) is 23.1 Å². The molecule has 0 radical (unpaired) electrons. The third-order valence-electron chi connectivity index (χ3n) is 3.95. The highest BCUT2D eigenvalue weighted by Crippen LogP contribution is 2.42. The number of nitrogens with one attached hydrogen (secondary N) is 1. The number of benzene rings is 2. The number of fused-ring (bicyclic) bond motifs is 3. The molecule has 1 aromatic heterocycles. The van der Waals surface area contributed by atoms with E-state index >= 15 is 0 Å². The first-order chi connectivity index (χ1) is 12.3. The van der Waals surface area contributed by atoms with Gasteiger partial charge in [0.15, 0.2) is 0 Å². The molecule has 0 unspecified atom stereocenters. The van der Waals surface area contributed by atoms with Gasteiger partial charge in [-0.3, -0.25) is 4.79 Å². The van der Waals surface area contributed by atoms with Crippen molar-refractivity contribution in [1.82, 2.24) is 5.32 Å². The molecule has 3 nitrogen and oxygen atoms in total. The van der Waals surface area contributed by atoms with Crippen molar-refractivity contribution in [2.45, 2.75) is 11.5 Å². The standard InChI is InChI=1S/C20H17NO2S2/c22-20(21-10-11-24-15-6-2-1-3-7-15)18-12-14-13-23-17-9-5-4-8-16(17)19(14)25-18/h1-9,12H,10-11,13H2,(H,21,22). The van der Waals surface area contributed by atoms with E-state index in [9.17, 15) is 4.79 Å². The monoisotopic (exact) mass is 367 g/mol. The lowest BCUT2D eigenvalue weighted by atomic mass is 10.1. The molecule has 2 heterocycles. The molecule has 5 heteroatoms. The third-order valence-corrected chi connectivity index (χ3v) is 6.17. The summed E-state index contributed by atoms with van der Waals surface area (Å²) >= 11 is 3.29. The first-order valence-electron chi connectivity index (χ1n) is 8.12. The van der Waals surface area contributed by atoms with E-state index < -0.39 is 0 Å². The Bertz CT molecular complexity index is 890. The lowest BCUT2D eigenvalue weighted by Gasteiger charge is -2.16. The van der Waals surface area contributed by atoms with Gasteiger partial charge in [0, 0.05) is 33.2 Å². The Morgan fingerprint density at radius 3 is 2.80 bits per heavy atom. The Labute approximate surface area is 155 Å². The van der Waals surface area contributed by atoms with Crippen molar-refractivity contribution in [2.24, 2.45) is 0 Å². The number of para-hydroxylation sites is 1. The maximum atomic E-state index is 12.4. The second kappa shape index (κ2) is 7.33. The van der Waals surface area contributed by atoms with Gasteiger partial charge in [-0.2, -0.15) is 0 Å². The molecule has 3 aromatic rings.